The first-order valence-electron chi connectivity index (χ1n) is 11.7. The quantitative estimate of drug-likeness (QED) is 0.716. The largest absolute Gasteiger partial charge is 0.336 e. The third-order valence-electron chi connectivity index (χ3n) is 6.46. The number of nitrogens with one attached hydrogen (secondary N) is 1. The molecular formula is C24H34N6O. The van der Waals surface area contributed by atoms with Crippen LogP contribution in [0.4, 0.5) is 11.6 Å². The lowest BCUT2D eigenvalue weighted by Crippen LogP contribution is -2.49. The van der Waals surface area contributed by atoms with Gasteiger partial charge in [0.2, 0.25) is 11.9 Å². The van der Waals surface area contributed by atoms with Gasteiger partial charge in [0.15, 0.2) is 0 Å². The van der Waals surface area contributed by atoms with E-state index in [9.17, 15) is 4.79 Å². The van der Waals surface area contributed by atoms with Gasteiger partial charge in [-0.15, -0.1) is 0 Å². The first-order chi connectivity index (χ1) is 15.1. The van der Waals surface area contributed by atoms with Gasteiger partial charge in [-0.3, -0.25) is 14.7 Å². The van der Waals surface area contributed by atoms with Gasteiger partial charge < -0.3 is 10.2 Å². The Morgan fingerprint density at radius 2 is 1.87 bits per heavy atom. The molecule has 1 atom stereocenters. The van der Waals surface area contributed by atoms with E-state index < -0.39 is 0 Å². The molecule has 0 radical (unpaired) electrons. The highest BCUT2D eigenvalue weighted by molar-refractivity contribution is 5.79. The van der Waals surface area contributed by atoms with Crippen molar-refractivity contribution in [3.8, 4) is 0 Å². The van der Waals surface area contributed by atoms with E-state index in [2.05, 4.69) is 45.0 Å². The van der Waals surface area contributed by atoms with E-state index in [1.807, 2.05) is 12.3 Å². The molecule has 4 rings (SSSR count). The summed E-state index contributed by atoms with van der Waals surface area (Å²) in [7, 11) is 0. The van der Waals surface area contributed by atoms with Crippen LogP contribution in [0.15, 0.2) is 36.8 Å². The SMILES string of the molecule is CC(C)N(C(=O)CN1CCC[C@H]1c1ccc(Nc2ncccn2)cn1)C1CCCCC1. The van der Waals surface area contributed by atoms with Gasteiger partial charge >= 0.3 is 0 Å². The average Bonchev–Trinajstić information content (AvgIpc) is 3.23. The zero-order chi connectivity index (χ0) is 21.6. The fourth-order valence-electron chi connectivity index (χ4n) is 5.05. The fourth-order valence-corrected chi connectivity index (χ4v) is 5.05. The van der Waals surface area contributed by atoms with Crippen molar-refractivity contribution in [2.24, 2.45) is 0 Å². The third kappa shape index (κ3) is 5.39. The Bertz CT molecular complexity index is 835. The molecule has 2 aromatic rings. The van der Waals surface area contributed by atoms with Crippen molar-refractivity contribution in [1.29, 1.82) is 0 Å². The van der Waals surface area contributed by atoms with Crippen molar-refractivity contribution >= 4 is 17.5 Å². The maximum atomic E-state index is 13.3. The number of amides is 1. The predicted octanol–water partition coefficient (Wildman–Crippen LogP) is 4.32. The lowest BCUT2D eigenvalue weighted by Gasteiger charge is -2.38. The molecule has 7 heteroatoms. The number of hydrogen-bond acceptors (Lipinski definition) is 6. The minimum atomic E-state index is 0.200. The standard InChI is InChI=1S/C24H34N6O/c1-18(2)30(20-8-4-3-5-9-20)23(31)17-29-15-6-10-22(29)21-12-11-19(16-27-21)28-24-25-13-7-14-26-24/h7,11-14,16,18,20,22H,3-6,8-10,15,17H2,1-2H3,(H,25,26,28)/t22-/m0/s1. The van der Waals surface area contributed by atoms with Crippen LogP contribution in [0.3, 0.4) is 0 Å². The molecule has 2 aliphatic rings. The zero-order valence-corrected chi connectivity index (χ0v) is 18.7. The molecular weight excluding hydrogens is 388 g/mol. The number of carbonyl (C=O) groups is 1. The fraction of sp³-hybridized carbons (Fsp3) is 0.583. The van der Waals surface area contributed by atoms with E-state index >= 15 is 0 Å². The van der Waals surface area contributed by atoms with E-state index in [0.717, 1.165) is 43.6 Å². The van der Waals surface area contributed by atoms with Crippen LogP contribution in [0, 0.1) is 0 Å². The molecule has 1 amide bonds. The highest BCUT2D eigenvalue weighted by Crippen LogP contribution is 2.32. The predicted molar refractivity (Wildman–Crippen MR) is 122 cm³/mol. The van der Waals surface area contributed by atoms with Gasteiger partial charge in [-0.2, -0.15) is 0 Å². The highest BCUT2D eigenvalue weighted by atomic mass is 16.2. The molecule has 3 heterocycles. The highest BCUT2D eigenvalue weighted by Gasteiger charge is 2.33. The molecule has 1 saturated carbocycles. The average molecular weight is 423 g/mol. The summed E-state index contributed by atoms with van der Waals surface area (Å²) in [5.41, 5.74) is 1.89. The number of likely N-dealkylation sites (tertiary alicyclic amines) is 1. The summed E-state index contributed by atoms with van der Waals surface area (Å²) in [6.45, 7) is 5.74. The van der Waals surface area contributed by atoms with E-state index in [1.54, 1.807) is 18.5 Å². The van der Waals surface area contributed by atoms with Crippen LogP contribution < -0.4 is 5.32 Å². The Morgan fingerprint density at radius 1 is 1.10 bits per heavy atom. The number of hydrogen-bond donors (Lipinski definition) is 1. The Labute approximate surface area is 185 Å². The van der Waals surface area contributed by atoms with Crippen molar-refractivity contribution in [1.82, 2.24) is 24.8 Å². The van der Waals surface area contributed by atoms with Gasteiger partial charge in [-0.25, -0.2) is 9.97 Å². The summed E-state index contributed by atoms with van der Waals surface area (Å²) in [5.74, 6) is 0.829. The van der Waals surface area contributed by atoms with Crippen molar-refractivity contribution < 1.29 is 4.79 Å². The van der Waals surface area contributed by atoms with Crippen LogP contribution in [0.2, 0.25) is 0 Å². The second kappa shape index (κ2) is 10.2. The number of carbonyl (C=O) groups excluding carboxylic acids is 1. The van der Waals surface area contributed by atoms with E-state index in [0.29, 0.717) is 18.5 Å². The van der Waals surface area contributed by atoms with Crippen LogP contribution in [0.25, 0.3) is 0 Å². The molecule has 7 nitrogen and oxygen atoms in total. The number of anilines is 2. The zero-order valence-electron chi connectivity index (χ0n) is 18.7. The van der Waals surface area contributed by atoms with Gasteiger partial charge in [0, 0.05) is 24.5 Å². The second-order valence-corrected chi connectivity index (χ2v) is 8.98. The summed E-state index contributed by atoms with van der Waals surface area (Å²) in [5, 5.41) is 3.17. The summed E-state index contributed by atoms with van der Waals surface area (Å²) >= 11 is 0. The topological polar surface area (TPSA) is 74.2 Å². The molecule has 1 saturated heterocycles. The molecule has 1 N–H and O–H groups in total. The molecule has 31 heavy (non-hydrogen) atoms. The Balaban J connectivity index is 1.40. The minimum Gasteiger partial charge on any atom is -0.336 e. The van der Waals surface area contributed by atoms with E-state index in [1.165, 1.54) is 19.3 Å². The third-order valence-corrected chi connectivity index (χ3v) is 6.46. The molecule has 166 valence electrons. The number of rotatable bonds is 7. The van der Waals surface area contributed by atoms with Gasteiger partial charge in [0.1, 0.15) is 0 Å². The Morgan fingerprint density at radius 3 is 2.55 bits per heavy atom. The molecule has 2 aromatic heterocycles. The summed E-state index contributed by atoms with van der Waals surface area (Å²) in [6.07, 6.45) is 13.5. The summed E-state index contributed by atoms with van der Waals surface area (Å²) < 4.78 is 0. The van der Waals surface area contributed by atoms with Gasteiger partial charge in [-0.1, -0.05) is 19.3 Å². The van der Waals surface area contributed by atoms with Crippen molar-refractivity contribution in [3.05, 3.63) is 42.5 Å². The molecule has 1 aliphatic carbocycles. The van der Waals surface area contributed by atoms with Gasteiger partial charge in [0.05, 0.1) is 30.2 Å². The molecule has 1 aliphatic heterocycles. The Hall–Kier alpha value is -2.54. The Kier molecular flexibility index (Phi) is 7.12. The van der Waals surface area contributed by atoms with Crippen LogP contribution >= 0.6 is 0 Å². The van der Waals surface area contributed by atoms with Crippen molar-refractivity contribution in [2.45, 2.75) is 76.9 Å². The van der Waals surface area contributed by atoms with Crippen LogP contribution in [-0.4, -0.2) is 55.8 Å². The molecule has 0 bridgehead atoms. The molecule has 2 fully saturated rings. The maximum absolute atomic E-state index is 13.3. The van der Waals surface area contributed by atoms with Crippen LogP contribution in [-0.2, 0) is 4.79 Å². The first-order valence-corrected chi connectivity index (χ1v) is 11.7. The second-order valence-electron chi connectivity index (χ2n) is 8.98. The normalized spacial score (nSPS) is 20.2. The van der Waals surface area contributed by atoms with Crippen molar-refractivity contribution in [3.63, 3.8) is 0 Å². The number of nitrogens with zero attached hydrogens (tertiary/aromatic N) is 5. The monoisotopic (exact) mass is 422 g/mol. The van der Waals surface area contributed by atoms with Crippen LogP contribution in [0.1, 0.15) is 70.5 Å². The molecule has 0 aromatic carbocycles. The number of pyridine rings is 1. The van der Waals surface area contributed by atoms with Crippen molar-refractivity contribution in [2.75, 3.05) is 18.4 Å². The van der Waals surface area contributed by atoms with Crippen LogP contribution in [0.5, 0.6) is 0 Å². The smallest absolute Gasteiger partial charge is 0.237 e. The first kappa shape index (κ1) is 21.7. The summed E-state index contributed by atoms with van der Waals surface area (Å²) in [6, 6.07) is 6.72. The number of aromatic nitrogens is 3. The van der Waals surface area contributed by atoms with Gasteiger partial charge in [-0.05, 0) is 64.3 Å². The maximum Gasteiger partial charge on any atom is 0.237 e. The van der Waals surface area contributed by atoms with Gasteiger partial charge in [0.25, 0.3) is 0 Å². The van der Waals surface area contributed by atoms with E-state index in [4.69, 9.17) is 4.98 Å². The minimum absolute atomic E-state index is 0.200. The lowest BCUT2D eigenvalue weighted by atomic mass is 9.93. The molecule has 0 spiro atoms. The van der Waals surface area contributed by atoms with E-state index in [-0.39, 0.29) is 18.0 Å². The lowest BCUT2D eigenvalue weighted by molar-refractivity contribution is -0.137. The summed E-state index contributed by atoms with van der Waals surface area (Å²) in [4.78, 5) is 30.9. The molecule has 0 unspecified atom stereocenters.